The first-order valence-electron chi connectivity index (χ1n) is 6.37. The van der Waals surface area contributed by atoms with Crippen LogP contribution in [0, 0.1) is 5.41 Å². The number of rotatable bonds is 8. The quantitative estimate of drug-likeness (QED) is 0.489. The zero-order valence-corrected chi connectivity index (χ0v) is 12.6. The van der Waals surface area contributed by atoms with Gasteiger partial charge in [-0.3, -0.25) is 4.79 Å². The molecule has 2 nitrogen and oxygen atoms in total. The van der Waals surface area contributed by atoms with Crippen molar-refractivity contribution in [2.75, 3.05) is 24.6 Å². The SMILES string of the molecule is C=CCN(CC(C)(C)C)C(=O)CCSCCC. The molecular weight excluding hydrogens is 230 g/mol. The molecule has 0 aromatic heterocycles. The van der Waals surface area contributed by atoms with Crippen molar-refractivity contribution in [2.45, 2.75) is 40.5 Å². The molecule has 0 atom stereocenters. The van der Waals surface area contributed by atoms with Crippen LogP contribution < -0.4 is 0 Å². The Morgan fingerprint density at radius 2 is 2.00 bits per heavy atom. The van der Waals surface area contributed by atoms with Crippen molar-refractivity contribution < 1.29 is 4.79 Å². The number of carbonyl (C=O) groups excluding carboxylic acids is 1. The van der Waals surface area contributed by atoms with E-state index >= 15 is 0 Å². The minimum Gasteiger partial charge on any atom is -0.338 e. The third kappa shape index (κ3) is 9.28. The highest BCUT2D eigenvalue weighted by atomic mass is 32.2. The van der Waals surface area contributed by atoms with Crippen LogP contribution in [0.1, 0.15) is 40.5 Å². The minimum atomic E-state index is 0.148. The van der Waals surface area contributed by atoms with E-state index in [2.05, 4.69) is 34.3 Å². The second-order valence-electron chi connectivity index (χ2n) is 5.49. The predicted molar refractivity (Wildman–Crippen MR) is 78.5 cm³/mol. The van der Waals surface area contributed by atoms with E-state index in [0.717, 1.165) is 18.1 Å². The lowest BCUT2D eigenvalue weighted by Gasteiger charge is -2.29. The smallest absolute Gasteiger partial charge is 0.223 e. The molecule has 3 heteroatoms. The molecule has 0 bridgehead atoms. The van der Waals surface area contributed by atoms with Gasteiger partial charge in [-0.15, -0.1) is 6.58 Å². The normalized spacial score (nSPS) is 11.3. The van der Waals surface area contributed by atoms with Crippen LogP contribution in [0.25, 0.3) is 0 Å². The van der Waals surface area contributed by atoms with Crippen LogP contribution in [0.15, 0.2) is 12.7 Å². The first-order chi connectivity index (χ1) is 7.90. The molecule has 0 spiro atoms. The van der Waals surface area contributed by atoms with Gasteiger partial charge in [-0.25, -0.2) is 0 Å². The average Bonchev–Trinajstić information content (AvgIpc) is 2.21. The Balaban J connectivity index is 4.10. The van der Waals surface area contributed by atoms with Gasteiger partial charge in [0.2, 0.25) is 5.91 Å². The summed E-state index contributed by atoms with van der Waals surface area (Å²) in [5.74, 6) is 2.33. The highest BCUT2D eigenvalue weighted by molar-refractivity contribution is 7.99. The van der Waals surface area contributed by atoms with Gasteiger partial charge in [0, 0.05) is 25.3 Å². The van der Waals surface area contributed by atoms with E-state index in [0.29, 0.717) is 13.0 Å². The van der Waals surface area contributed by atoms with E-state index in [-0.39, 0.29) is 11.3 Å². The summed E-state index contributed by atoms with van der Waals surface area (Å²) in [4.78, 5) is 14.0. The van der Waals surface area contributed by atoms with Crippen LogP contribution in [0.5, 0.6) is 0 Å². The van der Waals surface area contributed by atoms with Gasteiger partial charge >= 0.3 is 0 Å². The molecule has 100 valence electrons. The fourth-order valence-corrected chi connectivity index (χ4v) is 2.36. The van der Waals surface area contributed by atoms with Gasteiger partial charge in [0.05, 0.1) is 0 Å². The van der Waals surface area contributed by atoms with Crippen molar-refractivity contribution in [3.63, 3.8) is 0 Å². The zero-order valence-electron chi connectivity index (χ0n) is 11.8. The third-order valence-electron chi connectivity index (χ3n) is 2.18. The molecule has 0 heterocycles. The second-order valence-corrected chi connectivity index (χ2v) is 6.71. The standard InChI is InChI=1S/C14H27NOS/c1-6-9-15(12-14(3,4)5)13(16)8-11-17-10-7-2/h6H,1,7-12H2,2-5H3. The van der Waals surface area contributed by atoms with Crippen LogP contribution in [-0.4, -0.2) is 35.4 Å². The van der Waals surface area contributed by atoms with Crippen LogP contribution in [0.4, 0.5) is 0 Å². The largest absolute Gasteiger partial charge is 0.338 e. The molecule has 0 radical (unpaired) electrons. The zero-order chi connectivity index (χ0) is 13.3. The molecule has 0 aromatic rings. The van der Waals surface area contributed by atoms with Gasteiger partial charge < -0.3 is 4.90 Å². The first-order valence-corrected chi connectivity index (χ1v) is 7.52. The molecule has 1 amide bonds. The molecule has 0 unspecified atom stereocenters. The topological polar surface area (TPSA) is 20.3 Å². The van der Waals surface area contributed by atoms with Crippen molar-refractivity contribution in [3.05, 3.63) is 12.7 Å². The molecule has 17 heavy (non-hydrogen) atoms. The summed E-state index contributed by atoms with van der Waals surface area (Å²) in [5.41, 5.74) is 0.148. The Morgan fingerprint density at radius 1 is 1.35 bits per heavy atom. The number of nitrogens with zero attached hydrogens (tertiary/aromatic N) is 1. The summed E-state index contributed by atoms with van der Waals surface area (Å²) >= 11 is 1.86. The summed E-state index contributed by atoms with van der Waals surface area (Å²) < 4.78 is 0. The van der Waals surface area contributed by atoms with E-state index < -0.39 is 0 Å². The van der Waals surface area contributed by atoms with Gasteiger partial charge in [0.15, 0.2) is 0 Å². The number of amides is 1. The summed E-state index contributed by atoms with van der Waals surface area (Å²) in [6.07, 6.45) is 3.63. The van der Waals surface area contributed by atoms with E-state index in [1.54, 1.807) is 0 Å². The van der Waals surface area contributed by atoms with Crippen molar-refractivity contribution in [3.8, 4) is 0 Å². The molecule has 0 N–H and O–H groups in total. The molecule has 0 aliphatic carbocycles. The fourth-order valence-electron chi connectivity index (χ4n) is 1.55. The lowest BCUT2D eigenvalue weighted by molar-refractivity contribution is -0.131. The van der Waals surface area contributed by atoms with Crippen molar-refractivity contribution in [2.24, 2.45) is 5.41 Å². The van der Waals surface area contributed by atoms with Crippen LogP contribution >= 0.6 is 11.8 Å². The van der Waals surface area contributed by atoms with Gasteiger partial charge in [-0.2, -0.15) is 11.8 Å². The predicted octanol–water partition coefficient (Wildman–Crippen LogP) is 3.58. The fraction of sp³-hybridized carbons (Fsp3) is 0.786. The number of carbonyl (C=O) groups is 1. The molecule has 0 aromatic carbocycles. The molecule has 0 aliphatic heterocycles. The van der Waals surface area contributed by atoms with E-state index in [4.69, 9.17) is 0 Å². The van der Waals surface area contributed by atoms with Crippen molar-refractivity contribution in [1.29, 1.82) is 0 Å². The van der Waals surface area contributed by atoms with Gasteiger partial charge in [-0.05, 0) is 17.6 Å². The van der Waals surface area contributed by atoms with Crippen LogP contribution in [0.2, 0.25) is 0 Å². The Hall–Kier alpha value is -0.440. The number of hydrogen-bond donors (Lipinski definition) is 0. The molecule has 0 rings (SSSR count). The maximum Gasteiger partial charge on any atom is 0.223 e. The monoisotopic (exact) mass is 257 g/mol. The lowest BCUT2D eigenvalue weighted by atomic mass is 9.96. The summed E-state index contributed by atoms with van der Waals surface area (Å²) in [6.45, 7) is 13.8. The van der Waals surface area contributed by atoms with E-state index in [9.17, 15) is 4.79 Å². The van der Waals surface area contributed by atoms with Crippen LogP contribution in [0.3, 0.4) is 0 Å². The second kappa shape index (κ2) is 8.62. The Kier molecular flexibility index (Phi) is 8.40. The maximum absolute atomic E-state index is 12.0. The molecular formula is C14H27NOS. The van der Waals surface area contributed by atoms with Gasteiger partial charge in [0.25, 0.3) is 0 Å². The highest BCUT2D eigenvalue weighted by Crippen LogP contribution is 2.16. The Morgan fingerprint density at radius 3 is 2.47 bits per heavy atom. The lowest BCUT2D eigenvalue weighted by Crippen LogP contribution is -2.38. The van der Waals surface area contributed by atoms with Crippen molar-refractivity contribution in [1.82, 2.24) is 4.90 Å². The average molecular weight is 257 g/mol. The van der Waals surface area contributed by atoms with Gasteiger partial charge in [-0.1, -0.05) is 33.8 Å². The molecule has 0 aliphatic rings. The van der Waals surface area contributed by atoms with Crippen LogP contribution in [-0.2, 0) is 4.79 Å². The van der Waals surface area contributed by atoms with E-state index in [1.165, 1.54) is 6.42 Å². The molecule has 0 fully saturated rings. The Bertz CT molecular complexity index is 233. The third-order valence-corrected chi connectivity index (χ3v) is 3.37. The first kappa shape index (κ1) is 16.6. The maximum atomic E-state index is 12.0. The summed E-state index contributed by atoms with van der Waals surface area (Å²) in [7, 11) is 0. The summed E-state index contributed by atoms with van der Waals surface area (Å²) in [5, 5.41) is 0. The van der Waals surface area contributed by atoms with Gasteiger partial charge in [0.1, 0.15) is 0 Å². The molecule has 0 saturated heterocycles. The molecule has 0 saturated carbocycles. The van der Waals surface area contributed by atoms with Crippen molar-refractivity contribution >= 4 is 17.7 Å². The number of thioether (sulfide) groups is 1. The van der Waals surface area contributed by atoms with E-state index in [1.807, 2.05) is 22.7 Å². The number of hydrogen-bond acceptors (Lipinski definition) is 2. The Labute approximate surface area is 111 Å². The summed E-state index contributed by atoms with van der Waals surface area (Å²) in [6, 6.07) is 0. The minimum absolute atomic E-state index is 0.148. The highest BCUT2D eigenvalue weighted by Gasteiger charge is 2.19.